The van der Waals surface area contributed by atoms with Gasteiger partial charge < -0.3 is 14.0 Å². The molecule has 0 radical (unpaired) electrons. The number of nitro groups is 1. The Morgan fingerprint density at radius 1 is 1.08 bits per heavy atom. The van der Waals surface area contributed by atoms with Crippen LogP contribution in [0.15, 0.2) is 54.9 Å². The molecule has 6 nitrogen and oxygen atoms in total. The van der Waals surface area contributed by atoms with E-state index in [2.05, 4.69) is 24.5 Å². The number of fused-ring (bicyclic) bond motifs is 1. The Hall–Kier alpha value is -3.02. The summed E-state index contributed by atoms with van der Waals surface area (Å²) in [6.07, 6.45) is 4.06. The van der Waals surface area contributed by atoms with Crippen LogP contribution in [0, 0.1) is 10.1 Å². The number of benzene rings is 2. The molecule has 0 bridgehead atoms. The van der Waals surface area contributed by atoms with Crippen LogP contribution in [0.4, 0.5) is 5.69 Å². The Balaban J connectivity index is 1.72. The molecule has 0 amide bonds. The van der Waals surface area contributed by atoms with Gasteiger partial charge in [-0.1, -0.05) is 24.3 Å². The fraction of sp³-hybridized carbons (Fsp3) is 0.263. The first-order valence-corrected chi connectivity index (χ1v) is 8.15. The Kier molecular flexibility index (Phi) is 4.88. The average molecular weight is 340 g/mol. The SMILES string of the molecule is CC(C)Oc1ccc([N+](=O)[O-])cc1OCCn1cc2ccccc2c1. The summed E-state index contributed by atoms with van der Waals surface area (Å²) in [6, 6.07) is 12.5. The number of rotatable bonds is 7. The van der Waals surface area contributed by atoms with E-state index in [0.29, 0.717) is 24.7 Å². The van der Waals surface area contributed by atoms with Crippen LogP contribution < -0.4 is 9.47 Å². The fourth-order valence-electron chi connectivity index (χ4n) is 2.61. The molecule has 1 heterocycles. The predicted octanol–water partition coefficient (Wildman–Crippen LogP) is 4.42. The molecule has 1 aromatic heterocycles. The number of hydrogen-bond acceptors (Lipinski definition) is 4. The van der Waals surface area contributed by atoms with Crippen LogP contribution >= 0.6 is 0 Å². The van der Waals surface area contributed by atoms with Gasteiger partial charge >= 0.3 is 0 Å². The summed E-state index contributed by atoms with van der Waals surface area (Å²) in [5, 5.41) is 13.3. The summed E-state index contributed by atoms with van der Waals surface area (Å²) >= 11 is 0. The summed E-state index contributed by atoms with van der Waals surface area (Å²) in [5.41, 5.74) is -0.0159. The average Bonchev–Trinajstić information content (AvgIpc) is 2.98. The molecule has 0 N–H and O–H groups in total. The number of nitro benzene ring substituents is 1. The molecule has 6 heteroatoms. The zero-order valence-corrected chi connectivity index (χ0v) is 14.2. The summed E-state index contributed by atoms with van der Waals surface area (Å²) in [7, 11) is 0. The minimum atomic E-state index is -0.440. The lowest BCUT2D eigenvalue weighted by atomic mass is 10.2. The Bertz CT molecular complexity index is 853. The van der Waals surface area contributed by atoms with Gasteiger partial charge in [0, 0.05) is 18.5 Å². The van der Waals surface area contributed by atoms with Crippen molar-refractivity contribution in [2.45, 2.75) is 26.5 Å². The molecular formula is C19H20N2O4. The molecule has 0 aliphatic heterocycles. The molecule has 3 aromatic rings. The molecule has 25 heavy (non-hydrogen) atoms. The van der Waals surface area contributed by atoms with Crippen LogP contribution in [0.1, 0.15) is 13.8 Å². The maximum absolute atomic E-state index is 11.0. The summed E-state index contributed by atoms with van der Waals surface area (Å²) < 4.78 is 13.5. The van der Waals surface area contributed by atoms with Gasteiger partial charge in [0.2, 0.25) is 0 Å². The first kappa shape index (κ1) is 16.8. The van der Waals surface area contributed by atoms with Crippen molar-refractivity contribution >= 4 is 16.5 Å². The summed E-state index contributed by atoms with van der Waals surface area (Å²) in [6.45, 7) is 4.82. The molecule has 0 aliphatic carbocycles. The van der Waals surface area contributed by atoms with E-state index < -0.39 is 4.92 Å². The van der Waals surface area contributed by atoms with E-state index in [1.54, 1.807) is 6.07 Å². The highest BCUT2D eigenvalue weighted by Crippen LogP contribution is 2.32. The standard InChI is InChI=1S/C19H20N2O4/c1-14(2)25-18-8-7-17(21(22)23)11-19(18)24-10-9-20-12-15-5-3-4-6-16(15)13-20/h3-8,11-14H,9-10H2,1-2H3. The van der Waals surface area contributed by atoms with Gasteiger partial charge in [0.05, 0.1) is 23.6 Å². The third kappa shape index (κ3) is 4.09. The third-order valence-corrected chi connectivity index (χ3v) is 3.71. The van der Waals surface area contributed by atoms with Gasteiger partial charge in [-0.2, -0.15) is 0 Å². The monoisotopic (exact) mass is 340 g/mol. The van der Waals surface area contributed by atoms with Crippen molar-refractivity contribution < 1.29 is 14.4 Å². The predicted molar refractivity (Wildman–Crippen MR) is 96.3 cm³/mol. The smallest absolute Gasteiger partial charge is 0.273 e. The number of ether oxygens (including phenoxy) is 2. The van der Waals surface area contributed by atoms with Crippen LogP contribution in [0.5, 0.6) is 11.5 Å². The highest BCUT2D eigenvalue weighted by molar-refractivity contribution is 5.82. The van der Waals surface area contributed by atoms with E-state index in [4.69, 9.17) is 9.47 Å². The van der Waals surface area contributed by atoms with Crippen molar-refractivity contribution in [1.82, 2.24) is 4.57 Å². The number of non-ortho nitro benzene ring substituents is 1. The van der Waals surface area contributed by atoms with Crippen molar-refractivity contribution in [3.05, 3.63) is 65.0 Å². The first-order chi connectivity index (χ1) is 12.0. The van der Waals surface area contributed by atoms with Gasteiger partial charge in [0.25, 0.3) is 5.69 Å². The van der Waals surface area contributed by atoms with Gasteiger partial charge in [0.15, 0.2) is 11.5 Å². The molecule has 2 aromatic carbocycles. The van der Waals surface area contributed by atoms with E-state index in [0.717, 1.165) is 0 Å². The van der Waals surface area contributed by atoms with Crippen molar-refractivity contribution in [3.8, 4) is 11.5 Å². The van der Waals surface area contributed by atoms with Gasteiger partial charge in [-0.25, -0.2) is 0 Å². The van der Waals surface area contributed by atoms with Gasteiger partial charge in [0.1, 0.15) is 6.61 Å². The van der Waals surface area contributed by atoms with Crippen molar-refractivity contribution in [2.24, 2.45) is 0 Å². The molecule has 0 saturated heterocycles. The second-order valence-corrected chi connectivity index (χ2v) is 6.03. The fourth-order valence-corrected chi connectivity index (χ4v) is 2.61. The maximum atomic E-state index is 11.0. The van der Waals surface area contributed by atoms with Gasteiger partial charge in [-0.3, -0.25) is 10.1 Å². The molecule has 0 atom stereocenters. The minimum Gasteiger partial charge on any atom is -0.488 e. The molecule has 130 valence electrons. The van der Waals surface area contributed by atoms with Crippen LogP contribution in [-0.2, 0) is 6.54 Å². The van der Waals surface area contributed by atoms with Crippen LogP contribution in [0.3, 0.4) is 0 Å². The molecule has 0 aliphatic rings. The Labute approximate surface area is 145 Å². The van der Waals surface area contributed by atoms with E-state index >= 15 is 0 Å². The van der Waals surface area contributed by atoms with E-state index in [-0.39, 0.29) is 11.8 Å². The third-order valence-electron chi connectivity index (χ3n) is 3.71. The van der Waals surface area contributed by atoms with E-state index in [9.17, 15) is 10.1 Å². The Morgan fingerprint density at radius 3 is 2.36 bits per heavy atom. The molecular weight excluding hydrogens is 320 g/mol. The lowest BCUT2D eigenvalue weighted by Gasteiger charge is -2.15. The minimum absolute atomic E-state index is 0.0159. The molecule has 0 unspecified atom stereocenters. The van der Waals surface area contributed by atoms with E-state index in [1.165, 1.54) is 22.9 Å². The maximum Gasteiger partial charge on any atom is 0.273 e. The van der Waals surface area contributed by atoms with Gasteiger partial charge in [-0.15, -0.1) is 0 Å². The second-order valence-electron chi connectivity index (χ2n) is 6.03. The topological polar surface area (TPSA) is 66.5 Å². The van der Waals surface area contributed by atoms with Crippen LogP contribution in [-0.4, -0.2) is 22.2 Å². The van der Waals surface area contributed by atoms with Crippen molar-refractivity contribution in [3.63, 3.8) is 0 Å². The lowest BCUT2D eigenvalue weighted by molar-refractivity contribution is -0.385. The molecule has 0 spiro atoms. The largest absolute Gasteiger partial charge is 0.488 e. The quantitative estimate of drug-likeness (QED) is 0.472. The molecule has 0 saturated carbocycles. The van der Waals surface area contributed by atoms with Crippen LogP contribution in [0.25, 0.3) is 10.8 Å². The summed E-state index contributed by atoms with van der Waals surface area (Å²) in [4.78, 5) is 10.5. The zero-order chi connectivity index (χ0) is 17.8. The number of hydrogen-bond donors (Lipinski definition) is 0. The lowest BCUT2D eigenvalue weighted by Crippen LogP contribution is -2.10. The normalized spacial score (nSPS) is 11.0. The van der Waals surface area contributed by atoms with E-state index in [1.807, 2.05) is 30.5 Å². The number of nitrogens with zero attached hydrogens (tertiary/aromatic N) is 2. The highest BCUT2D eigenvalue weighted by atomic mass is 16.6. The van der Waals surface area contributed by atoms with Crippen LogP contribution in [0.2, 0.25) is 0 Å². The highest BCUT2D eigenvalue weighted by Gasteiger charge is 2.14. The Morgan fingerprint density at radius 2 is 1.76 bits per heavy atom. The second kappa shape index (κ2) is 7.25. The summed E-state index contributed by atoms with van der Waals surface area (Å²) in [5.74, 6) is 0.901. The van der Waals surface area contributed by atoms with Gasteiger partial charge in [-0.05, 0) is 30.7 Å². The van der Waals surface area contributed by atoms with Crippen molar-refractivity contribution in [1.29, 1.82) is 0 Å². The molecule has 0 fully saturated rings. The number of aromatic nitrogens is 1. The van der Waals surface area contributed by atoms with Crippen molar-refractivity contribution in [2.75, 3.05) is 6.61 Å². The first-order valence-electron chi connectivity index (χ1n) is 8.15. The molecule has 3 rings (SSSR count). The zero-order valence-electron chi connectivity index (χ0n) is 14.2.